The Morgan fingerprint density at radius 3 is 2.62 bits per heavy atom. The van der Waals surface area contributed by atoms with E-state index in [2.05, 4.69) is 0 Å². The molecular weight excluding hydrogens is 286 g/mol. The number of hydrogen-bond donors (Lipinski definition) is 0. The van der Waals surface area contributed by atoms with Crippen LogP contribution in [-0.2, 0) is 0 Å². The van der Waals surface area contributed by atoms with Crippen LogP contribution in [0.5, 0.6) is 11.5 Å². The molecule has 0 bridgehead atoms. The molecule has 1 aromatic carbocycles. The summed E-state index contributed by atoms with van der Waals surface area (Å²) >= 11 is 1.44. The second kappa shape index (κ2) is 5.48. The Labute approximate surface area is 127 Å². The van der Waals surface area contributed by atoms with Crippen molar-refractivity contribution in [3.8, 4) is 22.1 Å². The lowest BCUT2D eigenvalue weighted by atomic mass is 10.2. The van der Waals surface area contributed by atoms with Crippen molar-refractivity contribution >= 4 is 17.1 Å². The highest BCUT2D eigenvalue weighted by Gasteiger charge is 2.31. The molecule has 1 fully saturated rings. The van der Waals surface area contributed by atoms with Gasteiger partial charge in [0.2, 0.25) is 0 Å². The third-order valence-electron chi connectivity index (χ3n) is 3.57. The molecule has 1 saturated carbocycles. The molecule has 1 aliphatic rings. The Hall–Kier alpha value is -1.88. The highest BCUT2D eigenvalue weighted by atomic mass is 32.1. The van der Waals surface area contributed by atoms with E-state index in [4.69, 9.17) is 14.5 Å². The fourth-order valence-electron chi connectivity index (χ4n) is 2.39. The van der Waals surface area contributed by atoms with Gasteiger partial charge in [0.05, 0.1) is 30.4 Å². The van der Waals surface area contributed by atoms with Crippen LogP contribution in [-0.4, -0.2) is 25.0 Å². The number of ketones is 1. The van der Waals surface area contributed by atoms with Crippen molar-refractivity contribution in [2.24, 2.45) is 0 Å². The maximum absolute atomic E-state index is 11.8. The van der Waals surface area contributed by atoms with Crippen LogP contribution in [0, 0.1) is 0 Å². The molecule has 5 heteroatoms. The molecule has 0 radical (unpaired) electrons. The van der Waals surface area contributed by atoms with Gasteiger partial charge in [-0.2, -0.15) is 0 Å². The first-order chi connectivity index (χ1) is 10.2. The molecule has 2 aromatic rings. The monoisotopic (exact) mass is 303 g/mol. The van der Waals surface area contributed by atoms with Gasteiger partial charge in [0.25, 0.3) is 0 Å². The maximum atomic E-state index is 11.8. The molecule has 0 atom stereocenters. The minimum Gasteiger partial charge on any atom is -0.493 e. The third kappa shape index (κ3) is 2.53. The normalized spacial score (nSPS) is 14.0. The Bertz CT molecular complexity index is 689. The molecule has 0 unspecified atom stereocenters. The number of nitrogens with zero attached hydrogens (tertiary/aromatic N) is 1. The summed E-state index contributed by atoms with van der Waals surface area (Å²) in [5.41, 5.74) is 1.82. The topological polar surface area (TPSA) is 48.4 Å². The molecule has 21 heavy (non-hydrogen) atoms. The molecule has 110 valence electrons. The molecule has 1 heterocycles. The predicted octanol–water partition coefficient (Wildman–Crippen LogP) is 3.91. The zero-order valence-electron chi connectivity index (χ0n) is 12.3. The minimum absolute atomic E-state index is 0.0857. The molecule has 0 amide bonds. The highest BCUT2D eigenvalue weighted by molar-refractivity contribution is 7.17. The van der Waals surface area contributed by atoms with Crippen molar-refractivity contribution in [1.29, 1.82) is 0 Å². The summed E-state index contributed by atoms with van der Waals surface area (Å²) in [4.78, 5) is 17.3. The second-order valence-corrected chi connectivity index (χ2v) is 6.10. The zero-order valence-corrected chi connectivity index (χ0v) is 13.1. The number of rotatable bonds is 5. The van der Waals surface area contributed by atoms with Gasteiger partial charge in [-0.25, -0.2) is 4.98 Å². The number of benzene rings is 1. The van der Waals surface area contributed by atoms with Crippen LogP contribution < -0.4 is 9.47 Å². The Balaban J connectivity index is 2.12. The van der Waals surface area contributed by atoms with E-state index in [0.29, 0.717) is 17.4 Å². The number of hydrogen-bond acceptors (Lipinski definition) is 5. The van der Waals surface area contributed by atoms with Gasteiger partial charge in [0.15, 0.2) is 17.3 Å². The number of methoxy groups -OCH3 is 2. The number of para-hydroxylation sites is 1. The van der Waals surface area contributed by atoms with Crippen LogP contribution in [0.1, 0.15) is 41.0 Å². The van der Waals surface area contributed by atoms with Gasteiger partial charge in [0, 0.05) is 12.8 Å². The van der Waals surface area contributed by atoms with Crippen molar-refractivity contribution < 1.29 is 14.3 Å². The average molecular weight is 303 g/mol. The summed E-state index contributed by atoms with van der Waals surface area (Å²) in [6.45, 7) is 1.60. The number of carbonyl (C=O) groups is 1. The fraction of sp³-hybridized carbons (Fsp3) is 0.375. The molecule has 3 rings (SSSR count). The Morgan fingerprint density at radius 2 is 2.05 bits per heavy atom. The number of ether oxygens (including phenoxy) is 2. The van der Waals surface area contributed by atoms with E-state index in [1.54, 1.807) is 21.1 Å². The van der Waals surface area contributed by atoms with Crippen LogP contribution in [0.4, 0.5) is 0 Å². The standard InChI is InChI=1S/C16H17NO3S/c1-9(18)15-13(10-7-8-10)17-16(21-15)11-5-4-6-12(19-2)14(11)20-3/h4-6,10H,7-8H2,1-3H3. The molecule has 0 saturated heterocycles. The number of carbonyl (C=O) groups excluding carboxylic acids is 1. The molecule has 0 aliphatic heterocycles. The lowest BCUT2D eigenvalue weighted by Gasteiger charge is -2.10. The summed E-state index contributed by atoms with van der Waals surface area (Å²) in [6, 6.07) is 5.70. The first-order valence-corrected chi connectivity index (χ1v) is 7.70. The average Bonchev–Trinajstić information content (AvgIpc) is 3.24. The molecule has 0 N–H and O–H groups in total. The Kier molecular flexibility index (Phi) is 3.68. The summed E-state index contributed by atoms with van der Waals surface area (Å²) in [5.74, 6) is 1.86. The summed E-state index contributed by atoms with van der Waals surface area (Å²) in [7, 11) is 3.22. The van der Waals surface area contributed by atoms with Crippen LogP contribution in [0.15, 0.2) is 18.2 Å². The van der Waals surface area contributed by atoms with Gasteiger partial charge in [-0.3, -0.25) is 4.79 Å². The maximum Gasteiger partial charge on any atom is 0.171 e. The van der Waals surface area contributed by atoms with E-state index >= 15 is 0 Å². The van der Waals surface area contributed by atoms with Gasteiger partial charge in [-0.1, -0.05) is 6.07 Å². The van der Waals surface area contributed by atoms with Crippen molar-refractivity contribution in [3.05, 3.63) is 28.8 Å². The molecule has 0 spiro atoms. The predicted molar refractivity (Wildman–Crippen MR) is 82.6 cm³/mol. The summed E-state index contributed by atoms with van der Waals surface area (Å²) < 4.78 is 10.8. The lowest BCUT2D eigenvalue weighted by molar-refractivity contribution is 0.102. The molecule has 1 aliphatic carbocycles. The van der Waals surface area contributed by atoms with Crippen LogP contribution >= 0.6 is 11.3 Å². The first-order valence-electron chi connectivity index (χ1n) is 6.88. The van der Waals surface area contributed by atoms with E-state index in [1.807, 2.05) is 18.2 Å². The van der Waals surface area contributed by atoms with Crippen molar-refractivity contribution in [1.82, 2.24) is 4.98 Å². The van der Waals surface area contributed by atoms with Gasteiger partial charge in [-0.05, 0) is 25.0 Å². The first kappa shape index (κ1) is 14.1. The SMILES string of the molecule is COc1cccc(-c2nc(C3CC3)c(C(C)=O)s2)c1OC. The van der Waals surface area contributed by atoms with Gasteiger partial charge in [0.1, 0.15) is 5.01 Å². The smallest absolute Gasteiger partial charge is 0.171 e. The van der Waals surface area contributed by atoms with Crippen molar-refractivity contribution in [2.45, 2.75) is 25.7 Å². The van der Waals surface area contributed by atoms with Crippen LogP contribution in [0.25, 0.3) is 10.6 Å². The van der Waals surface area contributed by atoms with E-state index < -0.39 is 0 Å². The van der Waals surface area contributed by atoms with Crippen LogP contribution in [0.3, 0.4) is 0 Å². The van der Waals surface area contributed by atoms with Crippen molar-refractivity contribution in [3.63, 3.8) is 0 Å². The zero-order chi connectivity index (χ0) is 15.0. The van der Waals surface area contributed by atoms with E-state index in [-0.39, 0.29) is 5.78 Å². The van der Waals surface area contributed by atoms with E-state index in [9.17, 15) is 4.79 Å². The third-order valence-corrected chi connectivity index (χ3v) is 4.78. The fourth-order valence-corrected chi connectivity index (χ4v) is 3.46. The summed E-state index contributed by atoms with van der Waals surface area (Å²) in [5, 5.41) is 0.817. The summed E-state index contributed by atoms with van der Waals surface area (Å²) in [6.07, 6.45) is 2.25. The minimum atomic E-state index is 0.0857. The van der Waals surface area contributed by atoms with Gasteiger partial charge >= 0.3 is 0 Å². The largest absolute Gasteiger partial charge is 0.493 e. The van der Waals surface area contributed by atoms with Crippen LogP contribution in [0.2, 0.25) is 0 Å². The van der Waals surface area contributed by atoms with Gasteiger partial charge in [-0.15, -0.1) is 11.3 Å². The Morgan fingerprint density at radius 1 is 1.29 bits per heavy atom. The van der Waals surface area contributed by atoms with Crippen molar-refractivity contribution in [2.75, 3.05) is 14.2 Å². The van der Waals surface area contributed by atoms with E-state index in [1.165, 1.54) is 11.3 Å². The molecule has 1 aromatic heterocycles. The highest BCUT2D eigenvalue weighted by Crippen LogP contribution is 2.46. The number of Topliss-reactive ketones (excluding diaryl/α,β-unsaturated/α-hetero) is 1. The second-order valence-electron chi connectivity index (χ2n) is 5.10. The quantitative estimate of drug-likeness (QED) is 0.786. The number of aromatic nitrogens is 1. The molecule has 4 nitrogen and oxygen atoms in total. The lowest BCUT2D eigenvalue weighted by Crippen LogP contribution is -1.94. The molecular formula is C16H17NO3S. The van der Waals surface area contributed by atoms with Gasteiger partial charge < -0.3 is 9.47 Å². The number of thiazole rings is 1. The van der Waals surface area contributed by atoms with E-state index in [0.717, 1.165) is 34.0 Å².